The molecule has 2 heterocycles. The van der Waals surface area contributed by atoms with E-state index in [1.54, 1.807) is 31.4 Å². The van der Waals surface area contributed by atoms with Crippen molar-refractivity contribution in [1.29, 1.82) is 0 Å². The number of hydrogen-bond acceptors (Lipinski definition) is 4. The third kappa shape index (κ3) is 6.98. The van der Waals surface area contributed by atoms with Gasteiger partial charge < -0.3 is 20.3 Å². The van der Waals surface area contributed by atoms with E-state index in [4.69, 9.17) is 0 Å². The number of alkyl halides is 2. The van der Waals surface area contributed by atoms with E-state index in [9.17, 15) is 8.78 Å². The molecule has 1 saturated heterocycles. The van der Waals surface area contributed by atoms with Gasteiger partial charge in [-0.05, 0) is 30.7 Å². The van der Waals surface area contributed by atoms with Gasteiger partial charge in [-0.1, -0.05) is 18.2 Å². The number of benzene rings is 1. The van der Waals surface area contributed by atoms with Crippen LogP contribution in [0.4, 0.5) is 14.5 Å². The number of hydrogen-bond donors (Lipinski definition) is 2. The van der Waals surface area contributed by atoms with Crippen LogP contribution >= 0.6 is 24.0 Å². The Bertz CT molecular complexity index is 778. The van der Waals surface area contributed by atoms with Gasteiger partial charge in [-0.2, -0.15) is 8.78 Å². The molecule has 1 atom stereocenters. The average molecular weight is 517 g/mol. The van der Waals surface area contributed by atoms with E-state index < -0.39 is 6.61 Å². The van der Waals surface area contributed by atoms with Crippen LogP contribution < -0.4 is 20.3 Å². The second kappa shape index (κ2) is 11.7. The van der Waals surface area contributed by atoms with E-state index in [-0.39, 0.29) is 35.8 Å². The number of rotatable bonds is 7. The van der Waals surface area contributed by atoms with Crippen LogP contribution in [0.2, 0.25) is 0 Å². The highest BCUT2D eigenvalue weighted by atomic mass is 127. The normalized spacial score (nSPS) is 16.5. The van der Waals surface area contributed by atoms with Gasteiger partial charge in [-0.15, -0.1) is 24.0 Å². The van der Waals surface area contributed by atoms with Gasteiger partial charge in [0.25, 0.3) is 0 Å². The summed E-state index contributed by atoms with van der Waals surface area (Å²) in [6, 6.07) is 12.9. The first-order valence-corrected chi connectivity index (χ1v) is 9.31. The second-order valence-electron chi connectivity index (χ2n) is 6.49. The molecule has 1 aromatic carbocycles. The number of aromatic nitrogens is 1. The fraction of sp³-hybridized carbons (Fsp3) is 0.400. The largest absolute Gasteiger partial charge is 0.433 e. The predicted octanol–water partition coefficient (Wildman–Crippen LogP) is 3.29. The molecule has 0 radical (unpaired) electrons. The molecule has 0 saturated carbocycles. The Hall–Kier alpha value is -2.17. The number of halogens is 3. The molecule has 6 nitrogen and oxygen atoms in total. The first-order chi connectivity index (χ1) is 13.7. The minimum atomic E-state index is -2.83. The van der Waals surface area contributed by atoms with Crippen molar-refractivity contribution in [3.8, 4) is 5.75 Å². The van der Waals surface area contributed by atoms with Crippen molar-refractivity contribution in [2.75, 3.05) is 31.6 Å². The number of guanidine groups is 1. The van der Waals surface area contributed by atoms with Crippen molar-refractivity contribution in [3.63, 3.8) is 0 Å². The van der Waals surface area contributed by atoms with Crippen LogP contribution in [0.25, 0.3) is 0 Å². The van der Waals surface area contributed by atoms with Crippen LogP contribution in [-0.2, 0) is 6.42 Å². The van der Waals surface area contributed by atoms with Crippen LogP contribution in [0.1, 0.15) is 12.1 Å². The maximum atomic E-state index is 12.6. The lowest BCUT2D eigenvalue weighted by Gasteiger charge is -2.22. The number of para-hydroxylation sites is 2. The van der Waals surface area contributed by atoms with Crippen LogP contribution in [0.3, 0.4) is 0 Å². The summed E-state index contributed by atoms with van der Waals surface area (Å²) in [7, 11) is 1.73. The van der Waals surface area contributed by atoms with E-state index in [2.05, 4.69) is 30.2 Å². The van der Waals surface area contributed by atoms with Gasteiger partial charge in [0.1, 0.15) is 5.75 Å². The molecule has 2 aromatic rings. The highest BCUT2D eigenvalue weighted by molar-refractivity contribution is 14.0. The molecule has 1 aliphatic rings. The average Bonchev–Trinajstić information content (AvgIpc) is 3.16. The fourth-order valence-corrected chi connectivity index (χ4v) is 3.25. The van der Waals surface area contributed by atoms with Crippen molar-refractivity contribution >= 4 is 35.6 Å². The molecule has 1 unspecified atom stereocenters. The van der Waals surface area contributed by atoms with E-state index in [0.717, 1.165) is 37.6 Å². The minimum Gasteiger partial charge on any atom is -0.433 e. The molecule has 1 aromatic heterocycles. The molecule has 29 heavy (non-hydrogen) atoms. The van der Waals surface area contributed by atoms with Gasteiger partial charge >= 0.3 is 6.61 Å². The van der Waals surface area contributed by atoms with E-state index in [1.165, 1.54) is 0 Å². The van der Waals surface area contributed by atoms with Crippen LogP contribution in [0.5, 0.6) is 5.75 Å². The maximum absolute atomic E-state index is 12.6. The smallest absolute Gasteiger partial charge is 0.387 e. The van der Waals surface area contributed by atoms with Gasteiger partial charge in [-0.3, -0.25) is 9.98 Å². The number of nitrogens with zero attached hydrogens (tertiary/aromatic N) is 3. The van der Waals surface area contributed by atoms with Crippen molar-refractivity contribution in [1.82, 2.24) is 15.6 Å². The summed E-state index contributed by atoms with van der Waals surface area (Å²) in [5.41, 5.74) is 1.71. The van der Waals surface area contributed by atoms with E-state index in [0.29, 0.717) is 12.2 Å². The van der Waals surface area contributed by atoms with Gasteiger partial charge in [0, 0.05) is 51.0 Å². The van der Waals surface area contributed by atoms with E-state index in [1.807, 2.05) is 24.3 Å². The summed E-state index contributed by atoms with van der Waals surface area (Å²) in [6.07, 6.45) is 3.46. The molecule has 0 aliphatic carbocycles. The lowest BCUT2D eigenvalue weighted by molar-refractivity contribution is -0.0495. The summed E-state index contributed by atoms with van der Waals surface area (Å²) in [6.45, 7) is -0.672. The summed E-state index contributed by atoms with van der Waals surface area (Å²) in [4.78, 5) is 10.6. The zero-order valence-electron chi connectivity index (χ0n) is 16.2. The molecule has 9 heteroatoms. The lowest BCUT2D eigenvalue weighted by Crippen LogP contribution is -2.45. The summed E-state index contributed by atoms with van der Waals surface area (Å²) in [5, 5.41) is 6.69. The zero-order valence-corrected chi connectivity index (χ0v) is 18.6. The molecular weight excluding hydrogens is 491 g/mol. The Labute approximate surface area is 186 Å². The van der Waals surface area contributed by atoms with Gasteiger partial charge in [-0.25, -0.2) is 0 Å². The standard InChI is InChI=1S/C20H25F2N5O.HI/c1-23-20(25-12-9-15-6-4-5-11-24-15)26-16-10-13-27(14-16)17-7-2-3-8-18(17)28-19(21)22;/h2-8,11,16,19H,9-10,12-14H2,1H3,(H2,23,25,26);1H. The van der Waals surface area contributed by atoms with Crippen LogP contribution in [-0.4, -0.2) is 50.3 Å². The van der Waals surface area contributed by atoms with E-state index >= 15 is 0 Å². The van der Waals surface area contributed by atoms with Crippen molar-refractivity contribution in [2.45, 2.75) is 25.5 Å². The Morgan fingerprint density at radius 1 is 1.28 bits per heavy atom. The van der Waals surface area contributed by atoms with Crippen molar-refractivity contribution in [3.05, 3.63) is 54.4 Å². The molecule has 1 fully saturated rings. The molecule has 0 amide bonds. The minimum absolute atomic E-state index is 0. The number of aliphatic imine (C=N–C) groups is 1. The van der Waals surface area contributed by atoms with Crippen molar-refractivity contribution < 1.29 is 13.5 Å². The zero-order chi connectivity index (χ0) is 19.8. The highest BCUT2D eigenvalue weighted by Gasteiger charge is 2.25. The maximum Gasteiger partial charge on any atom is 0.387 e. The molecular formula is C20H26F2IN5O. The van der Waals surface area contributed by atoms with Gasteiger partial charge in [0.2, 0.25) is 0 Å². The molecule has 158 valence electrons. The first-order valence-electron chi connectivity index (χ1n) is 9.31. The predicted molar refractivity (Wildman–Crippen MR) is 122 cm³/mol. The summed E-state index contributed by atoms with van der Waals surface area (Å²) < 4.78 is 29.9. The molecule has 2 N–H and O–H groups in total. The fourth-order valence-electron chi connectivity index (χ4n) is 3.25. The SMILES string of the molecule is CN=C(NCCc1ccccn1)NC1CCN(c2ccccc2OC(F)F)C1.I. The lowest BCUT2D eigenvalue weighted by atomic mass is 10.2. The Morgan fingerprint density at radius 2 is 2.07 bits per heavy atom. The third-order valence-corrected chi connectivity index (χ3v) is 4.57. The summed E-state index contributed by atoms with van der Waals surface area (Å²) in [5.74, 6) is 0.927. The molecule has 0 bridgehead atoms. The topological polar surface area (TPSA) is 61.8 Å². The number of nitrogens with one attached hydrogen (secondary N) is 2. The third-order valence-electron chi connectivity index (χ3n) is 4.57. The number of pyridine rings is 1. The Kier molecular flexibility index (Phi) is 9.36. The molecule has 1 aliphatic heterocycles. The van der Waals surface area contributed by atoms with Gasteiger partial charge in [0.05, 0.1) is 5.69 Å². The Balaban J connectivity index is 0.00000300. The monoisotopic (exact) mass is 517 g/mol. The highest BCUT2D eigenvalue weighted by Crippen LogP contribution is 2.31. The quantitative estimate of drug-likeness (QED) is 0.336. The van der Waals surface area contributed by atoms with Crippen LogP contribution in [0, 0.1) is 0 Å². The Morgan fingerprint density at radius 3 is 2.79 bits per heavy atom. The van der Waals surface area contributed by atoms with Crippen molar-refractivity contribution in [2.24, 2.45) is 4.99 Å². The molecule has 3 rings (SSSR count). The second-order valence-corrected chi connectivity index (χ2v) is 6.49. The van der Waals surface area contributed by atoms with Crippen LogP contribution in [0.15, 0.2) is 53.7 Å². The first kappa shape index (κ1) is 23.1. The van der Waals surface area contributed by atoms with Gasteiger partial charge in [0.15, 0.2) is 5.96 Å². The number of anilines is 1. The molecule has 0 spiro atoms. The number of ether oxygens (including phenoxy) is 1. The summed E-state index contributed by atoms with van der Waals surface area (Å²) >= 11 is 0.